The first-order chi connectivity index (χ1) is 12.1. The minimum Gasteiger partial charge on any atom is -0.356 e. The Morgan fingerprint density at radius 3 is 2.64 bits per heavy atom. The number of aryl methyl sites for hydroxylation is 1. The van der Waals surface area contributed by atoms with Crippen molar-refractivity contribution in [2.24, 2.45) is 0 Å². The number of nitrogens with one attached hydrogen (secondary N) is 1. The molecule has 0 aliphatic heterocycles. The lowest BCUT2D eigenvalue weighted by molar-refractivity contribution is -0.121. The number of ketones is 1. The van der Waals surface area contributed by atoms with Crippen LogP contribution >= 0.6 is 0 Å². The van der Waals surface area contributed by atoms with Crippen molar-refractivity contribution in [1.29, 1.82) is 0 Å². The zero-order valence-electron chi connectivity index (χ0n) is 14.2. The minimum absolute atomic E-state index is 0.00790. The summed E-state index contributed by atoms with van der Waals surface area (Å²) in [5, 5.41) is 2.85. The summed E-state index contributed by atoms with van der Waals surface area (Å²) in [4.78, 5) is 28.4. The van der Waals surface area contributed by atoms with E-state index >= 15 is 0 Å². The van der Waals surface area contributed by atoms with Gasteiger partial charge in [0.1, 0.15) is 5.65 Å². The highest BCUT2D eigenvalue weighted by atomic mass is 16.2. The monoisotopic (exact) mass is 335 g/mol. The molecule has 1 N–H and O–H groups in total. The van der Waals surface area contributed by atoms with E-state index in [0.717, 1.165) is 11.3 Å². The van der Waals surface area contributed by atoms with E-state index in [0.29, 0.717) is 18.5 Å². The van der Waals surface area contributed by atoms with Gasteiger partial charge in [0.15, 0.2) is 5.78 Å². The summed E-state index contributed by atoms with van der Waals surface area (Å²) in [7, 11) is 0. The lowest BCUT2D eigenvalue weighted by atomic mass is 10.1. The molecule has 128 valence electrons. The number of hydrogen-bond donors (Lipinski definition) is 1. The summed E-state index contributed by atoms with van der Waals surface area (Å²) in [6.45, 7) is 2.55. The summed E-state index contributed by atoms with van der Waals surface area (Å²) in [5.41, 5.74) is 3.66. The van der Waals surface area contributed by atoms with Crippen molar-refractivity contribution >= 4 is 17.3 Å². The normalized spacial score (nSPS) is 10.8. The number of aromatic nitrogens is 2. The van der Waals surface area contributed by atoms with Gasteiger partial charge in [0.25, 0.3) is 0 Å². The summed E-state index contributed by atoms with van der Waals surface area (Å²) in [6.07, 6.45) is 5.10. The molecule has 0 radical (unpaired) electrons. The van der Waals surface area contributed by atoms with Gasteiger partial charge in [-0.15, -0.1) is 0 Å². The Morgan fingerprint density at radius 1 is 1.04 bits per heavy atom. The van der Waals surface area contributed by atoms with E-state index in [1.54, 1.807) is 12.1 Å². The van der Waals surface area contributed by atoms with E-state index < -0.39 is 0 Å². The summed E-state index contributed by atoms with van der Waals surface area (Å²) in [5.74, 6) is -0.115. The number of carbonyl (C=O) groups excluding carboxylic acids is 2. The predicted octanol–water partition coefficient (Wildman–Crippen LogP) is 2.96. The molecule has 1 aromatic carbocycles. The second kappa shape index (κ2) is 7.75. The van der Waals surface area contributed by atoms with E-state index in [9.17, 15) is 9.59 Å². The summed E-state index contributed by atoms with van der Waals surface area (Å²) < 4.78 is 1.99. The molecule has 3 rings (SSSR count). The van der Waals surface area contributed by atoms with E-state index in [-0.39, 0.29) is 24.5 Å². The van der Waals surface area contributed by atoms with Crippen LogP contribution in [0.2, 0.25) is 0 Å². The molecule has 0 saturated carbocycles. The molecule has 25 heavy (non-hydrogen) atoms. The number of fused-ring (bicyclic) bond motifs is 1. The molecular formula is C20H21N3O2. The molecule has 0 bridgehead atoms. The molecule has 0 spiro atoms. The molecule has 2 aromatic heterocycles. The maximum absolute atomic E-state index is 12.0. The Morgan fingerprint density at radius 2 is 1.84 bits per heavy atom. The zero-order valence-corrected chi connectivity index (χ0v) is 14.2. The highest BCUT2D eigenvalue weighted by Gasteiger charge is 2.09. The highest BCUT2D eigenvalue weighted by Crippen LogP contribution is 2.08. The first kappa shape index (κ1) is 16.9. The zero-order chi connectivity index (χ0) is 17.6. The van der Waals surface area contributed by atoms with Crippen LogP contribution in [0.15, 0.2) is 54.9 Å². The fraction of sp³-hybridized carbons (Fsp3) is 0.250. The van der Waals surface area contributed by atoms with Gasteiger partial charge < -0.3 is 9.72 Å². The van der Waals surface area contributed by atoms with Crippen molar-refractivity contribution in [3.05, 3.63) is 71.7 Å². The smallest absolute Gasteiger partial charge is 0.220 e. The Hall–Kier alpha value is -2.95. The second-order valence-corrected chi connectivity index (χ2v) is 6.09. The van der Waals surface area contributed by atoms with Crippen LogP contribution in [0.25, 0.3) is 5.65 Å². The van der Waals surface area contributed by atoms with Crippen molar-refractivity contribution in [2.75, 3.05) is 6.54 Å². The van der Waals surface area contributed by atoms with Gasteiger partial charge in [-0.25, -0.2) is 4.98 Å². The Labute approximate surface area is 146 Å². The standard InChI is InChI=1S/C20H21N3O2/c1-15-7-9-19-22-17(14-23(19)13-15)11-12-21-20(25)10-8-18(24)16-5-3-2-4-6-16/h2-7,9,13-14H,8,10-12H2,1H3,(H,21,25). The van der Waals surface area contributed by atoms with Crippen molar-refractivity contribution < 1.29 is 9.59 Å². The number of pyridine rings is 1. The van der Waals surface area contributed by atoms with Gasteiger partial charge in [-0.2, -0.15) is 0 Å². The van der Waals surface area contributed by atoms with Crippen LogP contribution in [-0.2, 0) is 11.2 Å². The third-order valence-electron chi connectivity index (χ3n) is 4.03. The van der Waals surface area contributed by atoms with E-state index in [2.05, 4.69) is 10.3 Å². The first-order valence-electron chi connectivity index (χ1n) is 8.41. The molecule has 3 aromatic rings. The largest absolute Gasteiger partial charge is 0.356 e. The van der Waals surface area contributed by atoms with E-state index in [1.807, 2.05) is 54.0 Å². The topological polar surface area (TPSA) is 63.5 Å². The van der Waals surface area contributed by atoms with Crippen molar-refractivity contribution in [1.82, 2.24) is 14.7 Å². The van der Waals surface area contributed by atoms with Gasteiger partial charge >= 0.3 is 0 Å². The van der Waals surface area contributed by atoms with Crippen molar-refractivity contribution in [2.45, 2.75) is 26.2 Å². The van der Waals surface area contributed by atoms with Crippen LogP contribution in [-0.4, -0.2) is 27.6 Å². The van der Waals surface area contributed by atoms with Crippen LogP contribution in [0.3, 0.4) is 0 Å². The lowest BCUT2D eigenvalue weighted by Gasteiger charge is -2.04. The molecule has 0 atom stereocenters. The predicted molar refractivity (Wildman–Crippen MR) is 96.6 cm³/mol. The van der Waals surface area contributed by atoms with Crippen LogP contribution in [0, 0.1) is 6.92 Å². The number of imidazole rings is 1. The van der Waals surface area contributed by atoms with Gasteiger partial charge in [0.2, 0.25) is 5.91 Å². The number of benzene rings is 1. The fourth-order valence-electron chi connectivity index (χ4n) is 2.69. The van der Waals surface area contributed by atoms with Gasteiger partial charge in [0.05, 0.1) is 5.69 Å². The van der Waals surface area contributed by atoms with E-state index in [1.165, 1.54) is 5.56 Å². The van der Waals surface area contributed by atoms with Gasteiger partial charge in [-0.05, 0) is 18.6 Å². The molecule has 0 aliphatic carbocycles. The first-order valence-corrected chi connectivity index (χ1v) is 8.41. The van der Waals surface area contributed by atoms with Gasteiger partial charge in [-0.3, -0.25) is 9.59 Å². The van der Waals surface area contributed by atoms with Gasteiger partial charge in [0, 0.05) is 43.8 Å². The number of rotatable bonds is 7. The number of nitrogens with zero attached hydrogens (tertiary/aromatic N) is 2. The van der Waals surface area contributed by atoms with Crippen LogP contribution in [0.5, 0.6) is 0 Å². The molecule has 0 fully saturated rings. The maximum atomic E-state index is 12.0. The third-order valence-corrected chi connectivity index (χ3v) is 4.03. The lowest BCUT2D eigenvalue weighted by Crippen LogP contribution is -2.26. The van der Waals surface area contributed by atoms with Crippen LogP contribution < -0.4 is 5.32 Å². The third kappa shape index (κ3) is 4.53. The quantitative estimate of drug-likeness (QED) is 0.675. The van der Waals surface area contributed by atoms with Crippen LogP contribution in [0.1, 0.15) is 34.5 Å². The second-order valence-electron chi connectivity index (χ2n) is 6.09. The fourth-order valence-corrected chi connectivity index (χ4v) is 2.69. The average Bonchev–Trinajstić information content (AvgIpc) is 3.02. The Balaban J connectivity index is 1.43. The summed E-state index contributed by atoms with van der Waals surface area (Å²) >= 11 is 0. The van der Waals surface area contributed by atoms with Crippen molar-refractivity contribution in [3.63, 3.8) is 0 Å². The number of amides is 1. The average molecular weight is 335 g/mol. The number of carbonyl (C=O) groups is 2. The van der Waals surface area contributed by atoms with Crippen molar-refractivity contribution in [3.8, 4) is 0 Å². The minimum atomic E-state index is -0.108. The molecule has 1 amide bonds. The number of hydrogen-bond acceptors (Lipinski definition) is 3. The Kier molecular flexibility index (Phi) is 5.23. The maximum Gasteiger partial charge on any atom is 0.220 e. The Bertz CT molecular complexity index is 884. The van der Waals surface area contributed by atoms with Crippen LogP contribution in [0.4, 0.5) is 0 Å². The van der Waals surface area contributed by atoms with E-state index in [4.69, 9.17) is 0 Å². The highest BCUT2D eigenvalue weighted by molar-refractivity contribution is 5.97. The molecule has 2 heterocycles. The van der Waals surface area contributed by atoms with Gasteiger partial charge in [-0.1, -0.05) is 36.4 Å². The molecule has 0 unspecified atom stereocenters. The molecular weight excluding hydrogens is 314 g/mol. The number of Topliss-reactive ketones (excluding diaryl/α,β-unsaturated/α-hetero) is 1. The molecule has 5 heteroatoms. The SMILES string of the molecule is Cc1ccc2nc(CCNC(=O)CCC(=O)c3ccccc3)cn2c1. The molecule has 5 nitrogen and oxygen atoms in total. The molecule has 0 aliphatic rings. The molecule has 0 saturated heterocycles. The summed E-state index contributed by atoms with van der Waals surface area (Å²) in [6, 6.07) is 13.1.